The average molecular weight is 157 g/mol. The molecule has 0 aliphatic carbocycles. The Morgan fingerprint density at radius 3 is 2.36 bits per heavy atom. The third kappa shape index (κ3) is 2.79. The molecular weight excluding hydrogens is 146 g/mol. The normalized spacial score (nSPS) is 8.27. The molecular formula is C6H11N3O2. The molecule has 1 aromatic rings. The van der Waals surface area contributed by atoms with Crippen molar-refractivity contribution in [3.05, 3.63) is 21.9 Å². The Hall–Kier alpha value is -1.39. The molecule has 1 aromatic heterocycles. The van der Waals surface area contributed by atoms with Crippen LogP contribution >= 0.6 is 0 Å². The number of nitrogens with one attached hydrogen (secondary N) is 1. The van der Waals surface area contributed by atoms with E-state index < -0.39 is 4.92 Å². The lowest BCUT2D eigenvalue weighted by atomic mass is 10.5. The maximum Gasteiger partial charge on any atom is 0.342 e. The van der Waals surface area contributed by atoms with Gasteiger partial charge in [-0.1, -0.05) is 18.9 Å². The van der Waals surface area contributed by atoms with Crippen LogP contribution in [0.15, 0.2) is 6.07 Å². The maximum atomic E-state index is 9.95. The van der Waals surface area contributed by atoms with Crippen molar-refractivity contribution in [3.63, 3.8) is 0 Å². The standard InChI is InChI=1S/C4H5N3O2.C2H6/c1-3-2-4(6-5-3)7(8)9;1-2/h2H,1H3,(H,5,6);1-2H3. The van der Waals surface area contributed by atoms with Gasteiger partial charge in [0.05, 0.1) is 11.8 Å². The van der Waals surface area contributed by atoms with Gasteiger partial charge in [-0.25, -0.2) is 0 Å². The summed E-state index contributed by atoms with van der Waals surface area (Å²) in [5.41, 5.74) is 0.627. The number of hydrogen-bond acceptors (Lipinski definition) is 3. The van der Waals surface area contributed by atoms with Crippen LogP contribution in [0.4, 0.5) is 5.82 Å². The van der Waals surface area contributed by atoms with Crippen molar-refractivity contribution in [3.8, 4) is 0 Å². The van der Waals surface area contributed by atoms with Crippen LogP contribution in [0.3, 0.4) is 0 Å². The van der Waals surface area contributed by atoms with Gasteiger partial charge < -0.3 is 10.1 Å². The molecule has 0 unspecified atom stereocenters. The first-order valence-electron chi connectivity index (χ1n) is 3.36. The van der Waals surface area contributed by atoms with Crippen LogP contribution in [0.25, 0.3) is 0 Å². The lowest BCUT2D eigenvalue weighted by Gasteiger charge is -1.83. The van der Waals surface area contributed by atoms with Crippen LogP contribution in [-0.2, 0) is 0 Å². The van der Waals surface area contributed by atoms with Gasteiger partial charge >= 0.3 is 5.82 Å². The molecule has 0 atom stereocenters. The molecule has 1 rings (SSSR count). The lowest BCUT2D eigenvalue weighted by Crippen LogP contribution is -1.86. The van der Waals surface area contributed by atoms with E-state index in [4.69, 9.17) is 0 Å². The number of rotatable bonds is 1. The van der Waals surface area contributed by atoms with Crippen LogP contribution in [0.5, 0.6) is 0 Å². The number of aryl methyl sites for hydroxylation is 1. The second kappa shape index (κ2) is 4.43. The smallest absolute Gasteiger partial charge is 0.342 e. The van der Waals surface area contributed by atoms with Crippen molar-refractivity contribution in [1.82, 2.24) is 10.2 Å². The summed E-state index contributed by atoms with van der Waals surface area (Å²) in [6.07, 6.45) is 0. The van der Waals surface area contributed by atoms with Gasteiger partial charge in [-0.05, 0) is 11.8 Å². The first kappa shape index (κ1) is 9.61. The molecule has 0 saturated heterocycles. The summed E-state index contributed by atoms with van der Waals surface area (Å²) in [5, 5.41) is 15.8. The second-order valence-electron chi connectivity index (χ2n) is 1.65. The van der Waals surface area contributed by atoms with E-state index in [1.807, 2.05) is 13.8 Å². The van der Waals surface area contributed by atoms with Crippen molar-refractivity contribution < 1.29 is 4.92 Å². The molecule has 11 heavy (non-hydrogen) atoms. The molecule has 5 nitrogen and oxygen atoms in total. The minimum Gasteiger partial charge on any atom is -0.358 e. The van der Waals surface area contributed by atoms with E-state index in [-0.39, 0.29) is 5.82 Å². The Morgan fingerprint density at radius 1 is 1.64 bits per heavy atom. The van der Waals surface area contributed by atoms with Crippen molar-refractivity contribution >= 4 is 5.82 Å². The largest absolute Gasteiger partial charge is 0.358 e. The minimum absolute atomic E-state index is 0.0625. The molecule has 0 amide bonds. The zero-order valence-corrected chi connectivity index (χ0v) is 6.79. The highest BCUT2D eigenvalue weighted by atomic mass is 16.6. The molecule has 1 N–H and O–H groups in total. The molecule has 0 saturated carbocycles. The Bertz CT molecular complexity index is 231. The number of nitro groups is 1. The molecule has 0 aliphatic heterocycles. The molecule has 0 spiro atoms. The fourth-order valence-electron chi connectivity index (χ4n) is 0.501. The third-order valence-corrected chi connectivity index (χ3v) is 0.889. The SMILES string of the molecule is CC.Cc1cc([N+](=O)[O-])[nH]n1. The molecule has 0 bridgehead atoms. The van der Waals surface area contributed by atoms with E-state index in [0.29, 0.717) is 5.69 Å². The number of H-pyrrole nitrogens is 1. The molecule has 0 radical (unpaired) electrons. The number of nitrogens with zero attached hydrogens (tertiary/aromatic N) is 2. The second-order valence-corrected chi connectivity index (χ2v) is 1.65. The maximum absolute atomic E-state index is 9.95. The van der Waals surface area contributed by atoms with Crippen LogP contribution in [0.1, 0.15) is 19.5 Å². The van der Waals surface area contributed by atoms with E-state index in [1.165, 1.54) is 6.07 Å². The highest BCUT2D eigenvalue weighted by Crippen LogP contribution is 2.05. The summed E-state index contributed by atoms with van der Waals surface area (Å²) >= 11 is 0. The van der Waals surface area contributed by atoms with Crippen LogP contribution in [-0.4, -0.2) is 15.1 Å². The van der Waals surface area contributed by atoms with Crippen molar-refractivity contribution in [2.24, 2.45) is 0 Å². The van der Waals surface area contributed by atoms with Gasteiger partial charge in [0.1, 0.15) is 0 Å². The monoisotopic (exact) mass is 157 g/mol. The predicted octanol–water partition coefficient (Wildman–Crippen LogP) is 1.65. The fraction of sp³-hybridized carbons (Fsp3) is 0.500. The zero-order valence-electron chi connectivity index (χ0n) is 6.79. The fourth-order valence-corrected chi connectivity index (χ4v) is 0.501. The van der Waals surface area contributed by atoms with E-state index in [1.54, 1.807) is 6.92 Å². The minimum atomic E-state index is -0.514. The van der Waals surface area contributed by atoms with Crippen LogP contribution in [0, 0.1) is 17.0 Å². The summed E-state index contributed by atoms with van der Waals surface area (Å²) in [7, 11) is 0. The first-order valence-corrected chi connectivity index (χ1v) is 3.36. The predicted molar refractivity (Wildman–Crippen MR) is 41.3 cm³/mol. The van der Waals surface area contributed by atoms with E-state index >= 15 is 0 Å². The quantitative estimate of drug-likeness (QED) is 0.497. The van der Waals surface area contributed by atoms with Gasteiger partial charge in [0.2, 0.25) is 0 Å². The molecule has 5 heteroatoms. The van der Waals surface area contributed by atoms with Crippen molar-refractivity contribution in [2.45, 2.75) is 20.8 Å². The van der Waals surface area contributed by atoms with Gasteiger partial charge in [-0.3, -0.25) is 0 Å². The number of hydrogen-bond donors (Lipinski definition) is 1. The van der Waals surface area contributed by atoms with Gasteiger partial charge in [0.25, 0.3) is 0 Å². The molecule has 1 heterocycles. The zero-order chi connectivity index (χ0) is 8.85. The Kier molecular flexibility index (Phi) is 3.87. The van der Waals surface area contributed by atoms with Gasteiger partial charge in [-0.2, -0.15) is 0 Å². The topological polar surface area (TPSA) is 71.8 Å². The lowest BCUT2D eigenvalue weighted by molar-refractivity contribution is -0.389. The molecule has 0 aliphatic rings. The van der Waals surface area contributed by atoms with E-state index in [9.17, 15) is 10.1 Å². The van der Waals surface area contributed by atoms with Gasteiger partial charge in [-0.15, -0.1) is 5.10 Å². The van der Waals surface area contributed by atoms with Gasteiger partial charge in [0, 0.05) is 0 Å². The van der Waals surface area contributed by atoms with E-state index in [2.05, 4.69) is 10.2 Å². The average Bonchev–Trinajstić information content (AvgIpc) is 2.40. The Balaban J connectivity index is 0.000000461. The summed E-state index contributed by atoms with van der Waals surface area (Å²) in [6, 6.07) is 1.38. The van der Waals surface area contributed by atoms with Crippen molar-refractivity contribution in [1.29, 1.82) is 0 Å². The summed E-state index contributed by atoms with van der Waals surface area (Å²) in [5.74, 6) is -0.0625. The number of aromatic nitrogens is 2. The Morgan fingerprint density at radius 2 is 2.18 bits per heavy atom. The van der Waals surface area contributed by atoms with E-state index in [0.717, 1.165) is 0 Å². The highest BCUT2D eigenvalue weighted by Gasteiger charge is 2.04. The van der Waals surface area contributed by atoms with Gasteiger partial charge in [0.15, 0.2) is 0 Å². The highest BCUT2D eigenvalue weighted by molar-refractivity contribution is 5.18. The first-order chi connectivity index (χ1) is 5.20. The molecule has 0 aromatic carbocycles. The Labute approximate surface area is 64.6 Å². The van der Waals surface area contributed by atoms with Crippen LogP contribution < -0.4 is 0 Å². The number of aromatic amines is 1. The van der Waals surface area contributed by atoms with Crippen LogP contribution in [0.2, 0.25) is 0 Å². The molecule has 62 valence electrons. The summed E-state index contributed by atoms with van der Waals surface area (Å²) < 4.78 is 0. The third-order valence-electron chi connectivity index (χ3n) is 0.889. The molecule has 0 fully saturated rings. The summed E-state index contributed by atoms with van der Waals surface area (Å²) in [6.45, 7) is 5.68. The van der Waals surface area contributed by atoms with Crippen molar-refractivity contribution in [2.75, 3.05) is 0 Å². The summed E-state index contributed by atoms with van der Waals surface area (Å²) in [4.78, 5) is 9.43.